The fourth-order valence-electron chi connectivity index (χ4n) is 2.33. The first kappa shape index (κ1) is 15.9. The topological polar surface area (TPSA) is 75.7 Å². The van der Waals surface area contributed by atoms with Crippen molar-refractivity contribution in [2.75, 3.05) is 19.7 Å². The third-order valence-electron chi connectivity index (χ3n) is 3.36. The second-order valence-electron chi connectivity index (χ2n) is 4.79. The zero-order valence-electron chi connectivity index (χ0n) is 12.2. The maximum absolute atomic E-state index is 13.8. The smallest absolute Gasteiger partial charge is 0.308 e. The summed E-state index contributed by atoms with van der Waals surface area (Å²) in [6.45, 7) is 2.32. The van der Waals surface area contributed by atoms with Crippen molar-refractivity contribution in [2.45, 2.75) is 19.4 Å². The summed E-state index contributed by atoms with van der Waals surface area (Å²) in [4.78, 5) is 37.3. The summed E-state index contributed by atoms with van der Waals surface area (Å²) in [6.07, 6.45) is -0.250. The number of amides is 2. The Kier molecular flexibility index (Phi) is 5.08. The van der Waals surface area contributed by atoms with Crippen LogP contribution in [0.15, 0.2) is 24.3 Å². The Labute approximate surface area is 127 Å². The van der Waals surface area contributed by atoms with Crippen LogP contribution in [0.1, 0.15) is 23.7 Å². The first-order valence-corrected chi connectivity index (χ1v) is 7.03. The fraction of sp³-hybridized carbons (Fsp3) is 0.400. The number of esters is 1. The highest BCUT2D eigenvalue weighted by Crippen LogP contribution is 2.16. The molecule has 2 amide bonds. The van der Waals surface area contributed by atoms with Gasteiger partial charge in [0.05, 0.1) is 18.6 Å². The Balaban J connectivity index is 2.22. The molecule has 1 aromatic carbocycles. The highest BCUT2D eigenvalue weighted by Gasteiger charge is 2.36. The van der Waals surface area contributed by atoms with Gasteiger partial charge >= 0.3 is 5.97 Å². The van der Waals surface area contributed by atoms with E-state index in [1.807, 2.05) is 0 Å². The number of nitrogens with zero attached hydrogens (tertiary/aromatic N) is 1. The Morgan fingerprint density at radius 3 is 2.82 bits per heavy atom. The van der Waals surface area contributed by atoms with Gasteiger partial charge in [0.2, 0.25) is 5.91 Å². The first-order chi connectivity index (χ1) is 10.5. The molecule has 1 fully saturated rings. The van der Waals surface area contributed by atoms with Crippen LogP contribution in [0.3, 0.4) is 0 Å². The SMILES string of the molecule is CCOC(=O)C[C@@H]1C(=O)NCCN1C(=O)c1ccccc1F. The summed E-state index contributed by atoms with van der Waals surface area (Å²) in [5, 5.41) is 2.60. The van der Waals surface area contributed by atoms with Crippen LogP contribution in [-0.2, 0) is 14.3 Å². The van der Waals surface area contributed by atoms with Crippen molar-refractivity contribution in [1.29, 1.82) is 0 Å². The van der Waals surface area contributed by atoms with Crippen molar-refractivity contribution in [3.05, 3.63) is 35.6 Å². The van der Waals surface area contributed by atoms with Crippen LogP contribution in [0.2, 0.25) is 0 Å². The van der Waals surface area contributed by atoms with Gasteiger partial charge in [0.1, 0.15) is 11.9 Å². The molecule has 118 valence electrons. The largest absolute Gasteiger partial charge is 0.466 e. The first-order valence-electron chi connectivity index (χ1n) is 7.03. The van der Waals surface area contributed by atoms with E-state index in [0.29, 0.717) is 0 Å². The zero-order chi connectivity index (χ0) is 16.1. The molecule has 1 N–H and O–H groups in total. The minimum atomic E-state index is -0.986. The van der Waals surface area contributed by atoms with Crippen LogP contribution in [0.5, 0.6) is 0 Å². The van der Waals surface area contributed by atoms with Crippen LogP contribution >= 0.6 is 0 Å². The molecule has 7 heteroatoms. The molecule has 0 bridgehead atoms. The molecule has 0 saturated carbocycles. The number of carbonyl (C=O) groups is 3. The zero-order valence-corrected chi connectivity index (χ0v) is 12.2. The summed E-state index contributed by atoms with van der Waals surface area (Å²) in [5.74, 6) is -2.28. The molecular formula is C15H17FN2O4. The minimum Gasteiger partial charge on any atom is -0.466 e. The lowest BCUT2D eigenvalue weighted by molar-refractivity contribution is -0.147. The molecule has 0 aromatic heterocycles. The number of hydrogen-bond donors (Lipinski definition) is 1. The molecule has 1 saturated heterocycles. The molecule has 1 aromatic rings. The summed E-state index contributed by atoms with van der Waals surface area (Å²) >= 11 is 0. The Morgan fingerprint density at radius 1 is 1.41 bits per heavy atom. The van der Waals surface area contributed by atoms with Crippen molar-refractivity contribution in [2.24, 2.45) is 0 Å². The lowest BCUT2D eigenvalue weighted by Crippen LogP contribution is -2.58. The van der Waals surface area contributed by atoms with E-state index in [0.717, 1.165) is 0 Å². The Bertz CT molecular complexity index is 591. The number of halogens is 1. The van der Waals surface area contributed by atoms with E-state index in [2.05, 4.69) is 5.32 Å². The molecule has 1 heterocycles. The number of ether oxygens (including phenoxy) is 1. The standard InChI is InChI=1S/C15H17FN2O4/c1-2-22-13(19)9-12-14(20)17-7-8-18(12)15(21)10-5-3-4-6-11(10)16/h3-6,12H,2,7-9H2,1H3,(H,17,20)/t12-/m1/s1. The van der Waals surface area contributed by atoms with Gasteiger partial charge in [-0.1, -0.05) is 12.1 Å². The monoisotopic (exact) mass is 308 g/mol. The number of benzene rings is 1. The minimum absolute atomic E-state index is 0.119. The van der Waals surface area contributed by atoms with Gasteiger partial charge in [-0.05, 0) is 19.1 Å². The van der Waals surface area contributed by atoms with Gasteiger partial charge in [0.15, 0.2) is 0 Å². The van der Waals surface area contributed by atoms with Crippen LogP contribution in [0.4, 0.5) is 4.39 Å². The summed E-state index contributed by atoms with van der Waals surface area (Å²) in [7, 11) is 0. The molecule has 0 radical (unpaired) electrons. The summed E-state index contributed by atoms with van der Waals surface area (Å²) < 4.78 is 18.6. The summed E-state index contributed by atoms with van der Waals surface area (Å²) in [5.41, 5.74) is -0.119. The maximum Gasteiger partial charge on any atom is 0.308 e. The van der Waals surface area contributed by atoms with Gasteiger partial charge < -0.3 is 15.0 Å². The number of carbonyl (C=O) groups excluding carboxylic acids is 3. The molecule has 1 atom stereocenters. The molecule has 0 unspecified atom stereocenters. The van der Waals surface area contributed by atoms with Crippen LogP contribution in [0, 0.1) is 5.82 Å². The van der Waals surface area contributed by atoms with E-state index in [9.17, 15) is 18.8 Å². The molecule has 0 spiro atoms. The van der Waals surface area contributed by atoms with Gasteiger partial charge in [-0.25, -0.2) is 4.39 Å². The highest BCUT2D eigenvalue weighted by molar-refractivity contribution is 5.99. The van der Waals surface area contributed by atoms with Gasteiger partial charge in [-0.2, -0.15) is 0 Å². The quantitative estimate of drug-likeness (QED) is 0.832. The fourth-order valence-corrected chi connectivity index (χ4v) is 2.33. The van der Waals surface area contributed by atoms with E-state index < -0.39 is 29.6 Å². The third kappa shape index (κ3) is 3.41. The van der Waals surface area contributed by atoms with Gasteiger partial charge in [-0.3, -0.25) is 14.4 Å². The van der Waals surface area contributed by atoms with Gasteiger partial charge in [0, 0.05) is 13.1 Å². The second-order valence-corrected chi connectivity index (χ2v) is 4.79. The van der Waals surface area contributed by atoms with Crippen LogP contribution < -0.4 is 5.32 Å². The van der Waals surface area contributed by atoms with Crippen molar-refractivity contribution in [3.8, 4) is 0 Å². The maximum atomic E-state index is 13.8. The van der Waals surface area contributed by atoms with E-state index in [1.165, 1.54) is 23.1 Å². The third-order valence-corrected chi connectivity index (χ3v) is 3.36. The van der Waals surface area contributed by atoms with E-state index in [1.54, 1.807) is 13.0 Å². The predicted octanol–water partition coefficient (Wildman–Crippen LogP) is 0.720. The van der Waals surface area contributed by atoms with Crippen molar-refractivity contribution < 1.29 is 23.5 Å². The van der Waals surface area contributed by atoms with Gasteiger partial charge in [0.25, 0.3) is 5.91 Å². The Morgan fingerprint density at radius 2 is 2.14 bits per heavy atom. The van der Waals surface area contributed by atoms with E-state index >= 15 is 0 Å². The average Bonchev–Trinajstić information content (AvgIpc) is 2.49. The molecule has 1 aliphatic heterocycles. The van der Waals surface area contributed by atoms with Crippen molar-refractivity contribution >= 4 is 17.8 Å². The molecule has 1 aliphatic rings. The van der Waals surface area contributed by atoms with Crippen LogP contribution in [-0.4, -0.2) is 48.4 Å². The molecule has 2 rings (SSSR count). The van der Waals surface area contributed by atoms with Gasteiger partial charge in [-0.15, -0.1) is 0 Å². The highest BCUT2D eigenvalue weighted by atomic mass is 19.1. The van der Waals surface area contributed by atoms with Crippen LogP contribution in [0.25, 0.3) is 0 Å². The average molecular weight is 308 g/mol. The second kappa shape index (κ2) is 7.02. The predicted molar refractivity (Wildman–Crippen MR) is 75.5 cm³/mol. The Hall–Kier alpha value is -2.44. The lowest BCUT2D eigenvalue weighted by Gasteiger charge is -2.34. The normalized spacial score (nSPS) is 17.8. The number of rotatable bonds is 4. The molecule has 22 heavy (non-hydrogen) atoms. The lowest BCUT2D eigenvalue weighted by atomic mass is 10.1. The van der Waals surface area contributed by atoms with E-state index in [4.69, 9.17) is 4.74 Å². The number of nitrogens with one attached hydrogen (secondary N) is 1. The van der Waals surface area contributed by atoms with Crippen molar-refractivity contribution in [1.82, 2.24) is 10.2 Å². The molecule has 6 nitrogen and oxygen atoms in total. The molecule has 0 aliphatic carbocycles. The molecular weight excluding hydrogens is 291 g/mol. The van der Waals surface area contributed by atoms with E-state index in [-0.39, 0.29) is 31.7 Å². The number of hydrogen-bond acceptors (Lipinski definition) is 4. The van der Waals surface area contributed by atoms with Crippen molar-refractivity contribution in [3.63, 3.8) is 0 Å². The number of piperazine rings is 1. The summed E-state index contributed by atoms with van der Waals surface area (Å²) in [6, 6.07) is 4.56.